The van der Waals surface area contributed by atoms with Gasteiger partial charge in [0.2, 0.25) is 0 Å². The molecular weight excluding hydrogens is 348 g/mol. The van der Waals surface area contributed by atoms with Gasteiger partial charge in [-0.25, -0.2) is 0 Å². The maximum absolute atomic E-state index is 12.7. The zero-order valence-corrected chi connectivity index (χ0v) is 13.4. The molecular formula is C17H13BrO4. The van der Waals surface area contributed by atoms with E-state index in [9.17, 15) is 9.59 Å². The van der Waals surface area contributed by atoms with E-state index >= 15 is 0 Å². The van der Waals surface area contributed by atoms with Crippen molar-refractivity contribution in [2.45, 2.75) is 17.5 Å². The van der Waals surface area contributed by atoms with Crippen molar-refractivity contribution in [3.63, 3.8) is 0 Å². The van der Waals surface area contributed by atoms with Crippen molar-refractivity contribution in [1.82, 2.24) is 0 Å². The number of halogens is 1. The van der Waals surface area contributed by atoms with Crippen LogP contribution in [0.4, 0.5) is 0 Å². The van der Waals surface area contributed by atoms with Gasteiger partial charge in [0.25, 0.3) is 0 Å². The van der Waals surface area contributed by atoms with Crippen molar-refractivity contribution in [3.8, 4) is 5.75 Å². The molecule has 0 saturated heterocycles. The van der Waals surface area contributed by atoms with Gasteiger partial charge in [-0.05, 0) is 12.1 Å². The average Bonchev–Trinajstić information content (AvgIpc) is 2.53. The van der Waals surface area contributed by atoms with E-state index in [1.807, 2.05) is 6.07 Å². The first-order chi connectivity index (χ1) is 10.5. The zero-order chi connectivity index (χ0) is 15.7. The van der Waals surface area contributed by atoms with E-state index in [1.165, 1.54) is 6.92 Å². The van der Waals surface area contributed by atoms with E-state index < -0.39 is 16.6 Å². The van der Waals surface area contributed by atoms with Gasteiger partial charge < -0.3 is 9.47 Å². The molecule has 2 aromatic rings. The van der Waals surface area contributed by atoms with Crippen LogP contribution in [0.25, 0.3) is 0 Å². The predicted octanol–water partition coefficient (Wildman–Crippen LogP) is 3.44. The summed E-state index contributed by atoms with van der Waals surface area (Å²) in [6, 6.07) is 15.9. The lowest BCUT2D eigenvalue weighted by Gasteiger charge is -2.40. The fourth-order valence-electron chi connectivity index (χ4n) is 2.50. The van der Waals surface area contributed by atoms with Crippen LogP contribution in [0.5, 0.6) is 5.75 Å². The molecule has 1 aliphatic rings. The summed E-state index contributed by atoms with van der Waals surface area (Å²) < 4.78 is 11.5. The smallest absolute Gasteiger partial charge is 0.306 e. The highest BCUT2D eigenvalue weighted by Gasteiger charge is 2.53. The lowest BCUT2D eigenvalue weighted by Crippen LogP contribution is -2.52. The summed E-state index contributed by atoms with van der Waals surface area (Å²) in [4.78, 5) is 23.5. The second-order valence-electron chi connectivity index (χ2n) is 4.95. The van der Waals surface area contributed by atoms with E-state index in [0.29, 0.717) is 16.9 Å². The van der Waals surface area contributed by atoms with Gasteiger partial charge in [-0.3, -0.25) is 9.59 Å². The molecule has 1 aliphatic heterocycles. The number of para-hydroxylation sites is 1. The van der Waals surface area contributed by atoms with Crippen LogP contribution in [-0.4, -0.2) is 16.6 Å². The number of hydrogen-bond acceptors (Lipinski definition) is 4. The number of hydrogen-bond donors (Lipinski definition) is 0. The van der Waals surface area contributed by atoms with Gasteiger partial charge in [-0.1, -0.05) is 58.4 Å². The molecule has 0 saturated carbocycles. The highest BCUT2D eigenvalue weighted by Crippen LogP contribution is 2.43. The summed E-state index contributed by atoms with van der Waals surface area (Å²) >= 11 is 3.36. The molecule has 0 radical (unpaired) electrons. The normalized spacial score (nSPS) is 23.4. The third kappa shape index (κ3) is 2.31. The van der Waals surface area contributed by atoms with Crippen LogP contribution in [0.3, 0.4) is 0 Å². The number of ether oxygens (including phenoxy) is 2. The monoisotopic (exact) mass is 360 g/mol. The number of carbonyl (C=O) groups excluding carboxylic acids is 2. The van der Waals surface area contributed by atoms with Crippen LogP contribution < -0.4 is 4.74 Å². The molecule has 0 amide bonds. The molecule has 5 heteroatoms. The van der Waals surface area contributed by atoms with Crippen LogP contribution in [0, 0.1) is 0 Å². The standard InChI is InChI=1S/C17H13BrO4/c1-11(19)21-17(12-7-3-2-4-8-12)16(18)15(20)13-9-5-6-10-14(13)22-17/h2-10,16H,1H3. The second kappa shape index (κ2) is 5.57. The number of carbonyl (C=O) groups is 2. The Balaban J connectivity index is 2.19. The van der Waals surface area contributed by atoms with Crippen molar-refractivity contribution in [2.24, 2.45) is 0 Å². The van der Waals surface area contributed by atoms with Crippen molar-refractivity contribution in [3.05, 3.63) is 65.7 Å². The first-order valence-electron chi connectivity index (χ1n) is 6.76. The summed E-state index contributed by atoms with van der Waals surface area (Å²) in [7, 11) is 0. The zero-order valence-electron chi connectivity index (χ0n) is 11.8. The molecule has 2 unspecified atom stereocenters. The highest BCUT2D eigenvalue weighted by atomic mass is 79.9. The first kappa shape index (κ1) is 14.8. The Hall–Kier alpha value is -2.14. The maximum atomic E-state index is 12.7. The molecule has 2 atom stereocenters. The summed E-state index contributed by atoms with van der Waals surface area (Å²) in [6.07, 6.45) is 0. The molecule has 0 spiro atoms. The Morgan fingerprint density at radius 1 is 1.14 bits per heavy atom. The molecule has 1 heterocycles. The number of ketones is 1. The minimum absolute atomic E-state index is 0.188. The van der Waals surface area contributed by atoms with Crippen molar-refractivity contribution in [1.29, 1.82) is 0 Å². The third-order valence-corrected chi connectivity index (χ3v) is 4.47. The first-order valence-corrected chi connectivity index (χ1v) is 7.67. The average molecular weight is 361 g/mol. The van der Waals surface area contributed by atoms with Crippen LogP contribution in [0.15, 0.2) is 54.6 Å². The number of rotatable bonds is 2. The number of alkyl halides is 1. The number of fused-ring (bicyclic) bond motifs is 1. The van der Waals surface area contributed by atoms with Crippen LogP contribution in [0.1, 0.15) is 22.8 Å². The summed E-state index contributed by atoms with van der Waals surface area (Å²) in [5, 5.41) is 0. The van der Waals surface area contributed by atoms with Crippen LogP contribution >= 0.6 is 15.9 Å². The predicted molar refractivity (Wildman–Crippen MR) is 84.0 cm³/mol. The van der Waals surface area contributed by atoms with E-state index in [1.54, 1.807) is 48.5 Å². The Bertz CT molecular complexity index is 728. The van der Waals surface area contributed by atoms with Gasteiger partial charge in [0, 0.05) is 12.5 Å². The van der Waals surface area contributed by atoms with Crippen LogP contribution in [0.2, 0.25) is 0 Å². The molecule has 22 heavy (non-hydrogen) atoms. The van der Waals surface area contributed by atoms with Crippen molar-refractivity contribution in [2.75, 3.05) is 0 Å². The minimum Gasteiger partial charge on any atom is -0.446 e. The fourth-order valence-corrected chi connectivity index (χ4v) is 3.20. The largest absolute Gasteiger partial charge is 0.446 e. The Morgan fingerprint density at radius 2 is 1.77 bits per heavy atom. The molecule has 0 aliphatic carbocycles. The molecule has 4 nitrogen and oxygen atoms in total. The lowest BCUT2D eigenvalue weighted by atomic mass is 9.93. The SMILES string of the molecule is CC(=O)OC1(c2ccccc2)Oc2ccccc2C(=O)C1Br. The molecule has 0 N–H and O–H groups in total. The molecule has 112 valence electrons. The van der Waals surface area contributed by atoms with Gasteiger partial charge >= 0.3 is 11.8 Å². The fraction of sp³-hybridized carbons (Fsp3) is 0.176. The van der Waals surface area contributed by atoms with Crippen molar-refractivity contribution < 1.29 is 19.1 Å². The number of esters is 1. The van der Waals surface area contributed by atoms with E-state index in [-0.39, 0.29) is 5.78 Å². The van der Waals surface area contributed by atoms with Gasteiger partial charge in [-0.2, -0.15) is 0 Å². The van der Waals surface area contributed by atoms with Gasteiger partial charge in [-0.15, -0.1) is 0 Å². The Kier molecular flexibility index (Phi) is 3.74. The number of benzene rings is 2. The van der Waals surface area contributed by atoms with E-state index in [4.69, 9.17) is 9.47 Å². The number of Topliss-reactive ketones (excluding diaryl/α,β-unsaturated/α-hetero) is 1. The molecule has 0 aromatic heterocycles. The van der Waals surface area contributed by atoms with Crippen LogP contribution in [-0.2, 0) is 15.3 Å². The maximum Gasteiger partial charge on any atom is 0.306 e. The summed E-state index contributed by atoms with van der Waals surface area (Å²) in [5.41, 5.74) is 1.05. The topological polar surface area (TPSA) is 52.6 Å². The Morgan fingerprint density at radius 3 is 2.45 bits per heavy atom. The molecule has 3 rings (SSSR count). The lowest BCUT2D eigenvalue weighted by molar-refractivity contribution is -0.198. The van der Waals surface area contributed by atoms with Gasteiger partial charge in [0.1, 0.15) is 5.75 Å². The molecule has 0 bridgehead atoms. The quantitative estimate of drug-likeness (QED) is 0.608. The van der Waals surface area contributed by atoms with E-state index in [2.05, 4.69) is 15.9 Å². The Labute approximate surface area is 136 Å². The highest BCUT2D eigenvalue weighted by molar-refractivity contribution is 9.10. The van der Waals surface area contributed by atoms with Gasteiger partial charge in [0.15, 0.2) is 10.6 Å². The summed E-state index contributed by atoms with van der Waals surface area (Å²) in [5.74, 6) is -1.83. The third-order valence-electron chi connectivity index (χ3n) is 3.45. The molecule has 2 aromatic carbocycles. The molecule has 0 fully saturated rings. The van der Waals surface area contributed by atoms with Crippen molar-refractivity contribution >= 4 is 27.7 Å². The second-order valence-corrected chi connectivity index (χ2v) is 5.87. The summed E-state index contributed by atoms with van der Waals surface area (Å²) in [6.45, 7) is 1.29. The minimum atomic E-state index is -1.52. The van der Waals surface area contributed by atoms with Gasteiger partial charge in [0.05, 0.1) is 5.56 Å². The van der Waals surface area contributed by atoms with E-state index in [0.717, 1.165) is 0 Å².